The number of carbonyl (C=O) groups is 1. The number of rotatable bonds is 7. The molecule has 0 fully saturated rings. The van der Waals surface area contributed by atoms with Crippen LogP contribution in [0, 0.1) is 5.82 Å². The van der Waals surface area contributed by atoms with Crippen molar-refractivity contribution in [3.05, 3.63) is 72.5 Å². The molecule has 0 radical (unpaired) electrons. The van der Waals surface area contributed by atoms with Gasteiger partial charge in [-0.25, -0.2) is 4.39 Å². The molecule has 0 atom stereocenters. The summed E-state index contributed by atoms with van der Waals surface area (Å²) >= 11 is 0. The molecule has 0 saturated heterocycles. The van der Waals surface area contributed by atoms with Gasteiger partial charge in [0.1, 0.15) is 23.9 Å². The van der Waals surface area contributed by atoms with Crippen molar-refractivity contribution in [3.8, 4) is 11.5 Å². The molecule has 5 heteroatoms. The topological polar surface area (TPSA) is 47.6 Å². The average molecular weight is 339 g/mol. The van der Waals surface area contributed by atoms with Gasteiger partial charge in [-0.2, -0.15) is 0 Å². The summed E-state index contributed by atoms with van der Waals surface area (Å²) in [6.45, 7) is 0.612. The van der Waals surface area contributed by atoms with Crippen LogP contribution in [0.3, 0.4) is 0 Å². The molecule has 4 nitrogen and oxygen atoms in total. The minimum absolute atomic E-state index is 0.123. The fourth-order valence-corrected chi connectivity index (χ4v) is 2.35. The normalized spacial score (nSPS) is 10.4. The maximum atomic E-state index is 12.8. The van der Waals surface area contributed by atoms with E-state index in [9.17, 15) is 9.18 Å². The van der Waals surface area contributed by atoms with E-state index in [0.29, 0.717) is 18.9 Å². The predicted molar refractivity (Wildman–Crippen MR) is 94.3 cm³/mol. The summed E-state index contributed by atoms with van der Waals surface area (Å²) in [7, 11) is 0. The summed E-state index contributed by atoms with van der Waals surface area (Å²) in [5.41, 5.74) is 0. The van der Waals surface area contributed by atoms with E-state index in [1.165, 1.54) is 24.3 Å². The Kier molecular flexibility index (Phi) is 5.46. The Hall–Kier alpha value is -3.08. The van der Waals surface area contributed by atoms with Gasteiger partial charge in [0.05, 0.1) is 6.54 Å². The Balaban J connectivity index is 1.38. The van der Waals surface area contributed by atoms with E-state index in [1.807, 2.05) is 42.5 Å². The van der Waals surface area contributed by atoms with Crippen molar-refractivity contribution in [2.45, 2.75) is 0 Å². The van der Waals surface area contributed by atoms with Gasteiger partial charge < -0.3 is 14.8 Å². The monoisotopic (exact) mass is 339 g/mol. The van der Waals surface area contributed by atoms with Crippen molar-refractivity contribution in [3.63, 3.8) is 0 Å². The molecule has 25 heavy (non-hydrogen) atoms. The lowest BCUT2D eigenvalue weighted by molar-refractivity contribution is -0.123. The molecule has 3 aromatic rings. The van der Waals surface area contributed by atoms with Crippen LogP contribution in [0.1, 0.15) is 0 Å². The number of halogens is 1. The van der Waals surface area contributed by atoms with Crippen LogP contribution < -0.4 is 14.8 Å². The largest absolute Gasteiger partial charge is 0.492 e. The Morgan fingerprint density at radius 2 is 1.60 bits per heavy atom. The molecular formula is C20H18FNO3. The second-order valence-electron chi connectivity index (χ2n) is 5.45. The van der Waals surface area contributed by atoms with Gasteiger partial charge in [0, 0.05) is 0 Å². The Labute approximate surface area is 145 Å². The van der Waals surface area contributed by atoms with Gasteiger partial charge in [0.2, 0.25) is 0 Å². The standard InChI is InChI=1S/C20H18FNO3/c21-17-6-9-18(10-7-17)25-14-20(23)22-11-12-24-19-8-5-15-3-1-2-4-16(15)13-19/h1-10,13H,11-12,14H2,(H,22,23). The van der Waals surface area contributed by atoms with E-state index in [4.69, 9.17) is 9.47 Å². The summed E-state index contributed by atoms with van der Waals surface area (Å²) in [4.78, 5) is 11.7. The van der Waals surface area contributed by atoms with Crippen LogP contribution >= 0.6 is 0 Å². The molecule has 0 aromatic heterocycles. The van der Waals surface area contributed by atoms with E-state index in [1.54, 1.807) is 0 Å². The SMILES string of the molecule is O=C(COc1ccc(F)cc1)NCCOc1ccc2ccccc2c1. The summed E-state index contributed by atoms with van der Waals surface area (Å²) in [5.74, 6) is 0.605. The van der Waals surface area contributed by atoms with Gasteiger partial charge >= 0.3 is 0 Å². The molecular weight excluding hydrogens is 321 g/mol. The summed E-state index contributed by atoms with van der Waals surface area (Å²) in [5, 5.41) is 4.97. The van der Waals surface area contributed by atoms with Crippen LogP contribution in [0.25, 0.3) is 10.8 Å². The molecule has 0 bridgehead atoms. The van der Waals surface area contributed by atoms with E-state index in [0.717, 1.165) is 16.5 Å². The number of ether oxygens (including phenoxy) is 2. The summed E-state index contributed by atoms with van der Waals surface area (Å²) in [6.07, 6.45) is 0. The fraction of sp³-hybridized carbons (Fsp3) is 0.150. The zero-order valence-electron chi connectivity index (χ0n) is 13.6. The number of benzene rings is 3. The van der Waals surface area contributed by atoms with Crippen LogP contribution in [0.2, 0.25) is 0 Å². The average Bonchev–Trinajstić information content (AvgIpc) is 2.64. The van der Waals surface area contributed by atoms with Crippen LogP contribution in [0.4, 0.5) is 4.39 Å². The number of amides is 1. The second-order valence-corrected chi connectivity index (χ2v) is 5.45. The fourth-order valence-electron chi connectivity index (χ4n) is 2.35. The minimum Gasteiger partial charge on any atom is -0.492 e. The molecule has 0 aliphatic carbocycles. The lowest BCUT2D eigenvalue weighted by atomic mass is 10.1. The number of hydrogen-bond acceptors (Lipinski definition) is 3. The number of nitrogens with one attached hydrogen (secondary N) is 1. The first-order valence-electron chi connectivity index (χ1n) is 7.97. The van der Waals surface area contributed by atoms with E-state index < -0.39 is 0 Å². The summed E-state index contributed by atoms with van der Waals surface area (Å²) in [6, 6.07) is 19.4. The van der Waals surface area contributed by atoms with E-state index >= 15 is 0 Å². The van der Waals surface area contributed by atoms with Crippen molar-refractivity contribution in [1.82, 2.24) is 5.32 Å². The van der Waals surface area contributed by atoms with E-state index in [2.05, 4.69) is 5.32 Å². The van der Waals surface area contributed by atoms with Gasteiger partial charge in [0.25, 0.3) is 5.91 Å². The predicted octanol–water partition coefficient (Wildman–Crippen LogP) is 3.55. The summed E-state index contributed by atoms with van der Waals surface area (Å²) < 4.78 is 23.7. The molecule has 3 rings (SSSR count). The molecule has 3 aromatic carbocycles. The number of hydrogen-bond donors (Lipinski definition) is 1. The van der Waals surface area contributed by atoms with Crippen LogP contribution in [-0.2, 0) is 4.79 Å². The quantitative estimate of drug-likeness (QED) is 0.670. The smallest absolute Gasteiger partial charge is 0.258 e. The maximum Gasteiger partial charge on any atom is 0.258 e. The van der Waals surface area contributed by atoms with Gasteiger partial charge in [-0.1, -0.05) is 30.3 Å². The molecule has 1 amide bonds. The zero-order chi connectivity index (χ0) is 17.5. The van der Waals surface area contributed by atoms with Gasteiger partial charge in [0.15, 0.2) is 6.61 Å². The molecule has 0 aliphatic rings. The first kappa shape index (κ1) is 16.8. The highest BCUT2D eigenvalue weighted by Crippen LogP contribution is 2.20. The van der Waals surface area contributed by atoms with Crippen molar-refractivity contribution in [1.29, 1.82) is 0 Å². The maximum absolute atomic E-state index is 12.8. The van der Waals surface area contributed by atoms with Crippen LogP contribution in [-0.4, -0.2) is 25.7 Å². The molecule has 0 spiro atoms. The Morgan fingerprint density at radius 3 is 2.40 bits per heavy atom. The molecule has 0 unspecified atom stereocenters. The highest BCUT2D eigenvalue weighted by Gasteiger charge is 2.03. The van der Waals surface area contributed by atoms with Gasteiger partial charge in [-0.05, 0) is 47.2 Å². The second kappa shape index (κ2) is 8.15. The number of fused-ring (bicyclic) bond motifs is 1. The molecule has 1 N–H and O–H groups in total. The van der Waals surface area contributed by atoms with Gasteiger partial charge in [-0.15, -0.1) is 0 Å². The molecule has 0 heterocycles. The van der Waals surface area contributed by atoms with E-state index in [-0.39, 0.29) is 18.3 Å². The third kappa shape index (κ3) is 4.94. The van der Waals surface area contributed by atoms with Crippen molar-refractivity contribution >= 4 is 16.7 Å². The minimum atomic E-state index is -0.345. The molecule has 0 aliphatic heterocycles. The van der Waals surface area contributed by atoms with Crippen molar-refractivity contribution in [2.24, 2.45) is 0 Å². The van der Waals surface area contributed by atoms with Crippen molar-refractivity contribution < 1.29 is 18.7 Å². The highest BCUT2D eigenvalue weighted by molar-refractivity contribution is 5.83. The molecule has 128 valence electrons. The van der Waals surface area contributed by atoms with Crippen LogP contribution in [0.5, 0.6) is 11.5 Å². The molecule has 0 saturated carbocycles. The lowest BCUT2D eigenvalue weighted by Crippen LogP contribution is -2.32. The Morgan fingerprint density at radius 1 is 0.880 bits per heavy atom. The number of carbonyl (C=O) groups excluding carboxylic acids is 1. The first-order chi connectivity index (χ1) is 12.2. The lowest BCUT2D eigenvalue weighted by Gasteiger charge is -2.09. The Bertz CT molecular complexity index is 849. The van der Waals surface area contributed by atoms with Crippen molar-refractivity contribution in [2.75, 3.05) is 19.8 Å². The highest BCUT2D eigenvalue weighted by atomic mass is 19.1. The third-order valence-corrected chi connectivity index (χ3v) is 3.60. The zero-order valence-corrected chi connectivity index (χ0v) is 13.6. The first-order valence-corrected chi connectivity index (χ1v) is 7.97. The van der Waals surface area contributed by atoms with Crippen LogP contribution in [0.15, 0.2) is 66.7 Å². The third-order valence-electron chi connectivity index (χ3n) is 3.60. The van der Waals surface area contributed by atoms with Gasteiger partial charge in [-0.3, -0.25) is 4.79 Å².